The monoisotopic (exact) mass is 136 g/mol. The van der Waals surface area contributed by atoms with Gasteiger partial charge in [0.25, 0.3) is 0 Å². The molecule has 0 rings (SSSR count). The van der Waals surface area contributed by atoms with E-state index in [-0.39, 0.29) is 0 Å². The molecule has 0 bridgehead atoms. The Hall–Kier alpha value is -1.31. The van der Waals surface area contributed by atoms with Gasteiger partial charge < -0.3 is 5.73 Å². The Morgan fingerprint density at radius 1 is 1.60 bits per heavy atom. The molecule has 0 saturated heterocycles. The molecule has 0 saturated carbocycles. The molecular weight excluding hydrogens is 124 g/mol. The van der Waals surface area contributed by atoms with Crippen molar-refractivity contribution in [3.05, 3.63) is 36.7 Å². The van der Waals surface area contributed by atoms with Crippen molar-refractivity contribution >= 4 is 6.21 Å². The molecule has 0 unspecified atom stereocenters. The molecule has 2 nitrogen and oxygen atoms in total. The summed E-state index contributed by atoms with van der Waals surface area (Å²) in [5, 5.41) is 0. The van der Waals surface area contributed by atoms with Gasteiger partial charge in [-0.2, -0.15) is 0 Å². The number of hydrogen-bond acceptors (Lipinski definition) is 2. The molecular formula is C8H12N2. The molecule has 2 heteroatoms. The van der Waals surface area contributed by atoms with Gasteiger partial charge in [0, 0.05) is 12.4 Å². The molecule has 0 spiro atoms. The van der Waals surface area contributed by atoms with Crippen LogP contribution in [0, 0.1) is 0 Å². The highest BCUT2D eigenvalue weighted by atomic mass is 14.7. The second-order valence-corrected chi connectivity index (χ2v) is 1.85. The molecule has 0 aliphatic rings. The topological polar surface area (TPSA) is 38.4 Å². The Balaban J connectivity index is 4.25. The Labute approximate surface area is 61.5 Å². The van der Waals surface area contributed by atoms with Crippen molar-refractivity contribution in [2.75, 3.05) is 0 Å². The highest BCUT2D eigenvalue weighted by molar-refractivity contribution is 5.71. The zero-order chi connectivity index (χ0) is 7.98. The fourth-order valence-corrected chi connectivity index (χ4v) is 0.428. The first-order valence-electron chi connectivity index (χ1n) is 2.95. The average Bonchev–Trinajstić information content (AvgIpc) is 1.89. The Bertz CT molecular complexity index is 187. The molecule has 0 radical (unpaired) electrons. The van der Waals surface area contributed by atoms with Crippen molar-refractivity contribution in [2.45, 2.75) is 6.92 Å². The number of rotatable bonds is 3. The molecule has 0 aromatic rings. The molecule has 0 amide bonds. The van der Waals surface area contributed by atoms with E-state index in [1.54, 1.807) is 12.3 Å². The zero-order valence-electron chi connectivity index (χ0n) is 6.17. The normalized spacial score (nSPS) is 11.9. The lowest BCUT2D eigenvalue weighted by atomic mass is 10.3. The van der Waals surface area contributed by atoms with Crippen molar-refractivity contribution in [3.63, 3.8) is 0 Å². The minimum atomic E-state index is 0.694. The second-order valence-electron chi connectivity index (χ2n) is 1.85. The smallest absolute Gasteiger partial charge is 0.0807 e. The highest BCUT2D eigenvalue weighted by Gasteiger charge is 1.89. The van der Waals surface area contributed by atoms with E-state index in [4.69, 9.17) is 5.73 Å². The Kier molecular flexibility index (Phi) is 3.96. The van der Waals surface area contributed by atoms with Crippen LogP contribution in [0.3, 0.4) is 0 Å². The molecule has 54 valence electrons. The van der Waals surface area contributed by atoms with Crippen LogP contribution < -0.4 is 5.73 Å². The zero-order valence-corrected chi connectivity index (χ0v) is 6.17. The van der Waals surface area contributed by atoms with E-state index < -0.39 is 0 Å². The summed E-state index contributed by atoms with van der Waals surface area (Å²) >= 11 is 0. The first-order valence-corrected chi connectivity index (χ1v) is 2.95. The van der Waals surface area contributed by atoms with Crippen molar-refractivity contribution < 1.29 is 0 Å². The fraction of sp³-hybridized carbons (Fsp3) is 0.125. The summed E-state index contributed by atoms with van der Waals surface area (Å²) in [7, 11) is 0. The van der Waals surface area contributed by atoms with Crippen LogP contribution in [0.1, 0.15) is 6.92 Å². The molecule has 0 fully saturated rings. The number of nitrogens with two attached hydrogens (primary N) is 1. The third-order valence-corrected chi connectivity index (χ3v) is 0.914. The standard InChI is InChI=1S/C8H12N2/c1-4-5-10-8(6-9)7(2)3/h4-6H,1-2,9H2,3H3/b8-6+,10-5?. The van der Waals surface area contributed by atoms with Crippen molar-refractivity contribution in [3.8, 4) is 0 Å². The van der Waals surface area contributed by atoms with Crippen LogP contribution in [0.5, 0.6) is 0 Å². The van der Waals surface area contributed by atoms with E-state index in [1.165, 1.54) is 6.20 Å². The summed E-state index contributed by atoms with van der Waals surface area (Å²) in [4.78, 5) is 3.95. The maximum absolute atomic E-state index is 5.24. The van der Waals surface area contributed by atoms with Crippen LogP contribution in [-0.2, 0) is 0 Å². The van der Waals surface area contributed by atoms with E-state index in [9.17, 15) is 0 Å². The van der Waals surface area contributed by atoms with Gasteiger partial charge in [0.1, 0.15) is 0 Å². The van der Waals surface area contributed by atoms with E-state index >= 15 is 0 Å². The van der Waals surface area contributed by atoms with Gasteiger partial charge in [-0.3, -0.25) is 4.99 Å². The molecule has 0 atom stereocenters. The van der Waals surface area contributed by atoms with Gasteiger partial charge in [0.2, 0.25) is 0 Å². The van der Waals surface area contributed by atoms with Gasteiger partial charge >= 0.3 is 0 Å². The molecule has 0 heterocycles. The lowest BCUT2D eigenvalue weighted by Crippen LogP contribution is -1.86. The predicted molar refractivity (Wildman–Crippen MR) is 45.8 cm³/mol. The van der Waals surface area contributed by atoms with Crippen molar-refractivity contribution in [2.24, 2.45) is 10.7 Å². The number of allylic oxidation sites excluding steroid dienone is 2. The highest BCUT2D eigenvalue weighted by Crippen LogP contribution is 2.04. The van der Waals surface area contributed by atoms with Crippen LogP contribution in [0.25, 0.3) is 0 Å². The quantitative estimate of drug-likeness (QED) is 0.464. The first kappa shape index (κ1) is 8.69. The maximum Gasteiger partial charge on any atom is 0.0807 e. The Morgan fingerprint density at radius 3 is 2.50 bits per heavy atom. The molecule has 0 aliphatic carbocycles. The van der Waals surface area contributed by atoms with E-state index in [0.29, 0.717) is 5.70 Å². The summed E-state index contributed by atoms with van der Waals surface area (Å²) in [6.45, 7) is 9.01. The summed E-state index contributed by atoms with van der Waals surface area (Å²) < 4.78 is 0. The minimum absolute atomic E-state index is 0.694. The third kappa shape index (κ3) is 2.87. The number of nitrogens with zero attached hydrogens (tertiary/aromatic N) is 1. The average molecular weight is 136 g/mol. The van der Waals surface area contributed by atoms with Crippen LogP contribution in [0.2, 0.25) is 0 Å². The van der Waals surface area contributed by atoms with Gasteiger partial charge in [0.15, 0.2) is 0 Å². The molecule has 0 aromatic heterocycles. The molecule has 0 aliphatic heterocycles. The van der Waals surface area contributed by atoms with E-state index in [2.05, 4.69) is 18.2 Å². The lowest BCUT2D eigenvalue weighted by molar-refractivity contribution is 1.27. The van der Waals surface area contributed by atoms with Crippen molar-refractivity contribution in [1.82, 2.24) is 0 Å². The van der Waals surface area contributed by atoms with Gasteiger partial charge in [0.05, 0.1) is 5.70 Å². The SMILES string of the molecule is C=CC=N/C(=C/N)C(=C)C. The van der Waals surface area contributed by atoms with Gasteiger partial charge in [-0.15, -0.1) is 0 Å². The van der Waals surface area contributed by atoms with Crippen LogP contribution in [-0.4, -0.2) is 6.21 Å². The molecule has 2 N–H and O–H groups in total. The van der Waals surface area contributed by atoms with Gasteiger partial charge in [-0.1, -0.05) is 19.2 Å². The second kappa shape index (κ2) is 4.56. The van der Waals surface area contributed by atoms with Gasteiger partial charge in [-0.05, 0) is 12.5 Å². The maximum atomic E-state index is 5.24. The van der Waals surface area contributed by atoms with Crippen molar-refractivity contribution in [1.29, 1.82) is 0 Å². The van der Waals surface area contributed by atoms with Crippen LogP contribution in [0.4, 0.5) is 0 Å². The van der Waals surface area contributed by atoms with E-state index in [0.717, 1.165) is 5.57 Å². The summed E-state index contributed by atoms with van der Waals surface area (Å²) in [6, 6.07) is 0. The largest absolute Gasteiger partial charge is 0.403 e. The summed E-state index contributed by atoms with van der Waals surface area (Å²) in [6.07, 6.45) is 4.59. The molecule has 0 aromatic carbocycles. The Morgan fingerprint density at radius 2 is 2.20 bits per heavy atom. The first-order chi connectivity index (χ1) is 4.72. The number of aliphatic imine (C=N–C) groups is 1. The van der Waals surface area contributed by atoms with E-state index in [1.807, 2.05) is 6.92 Å². The summed E-state index contributed by atoms with van der Waals surface area (Å²) in [5.74, 6) is 0. The van der Waals surface area contributed by atoms with Crippen LogP contribution in [0.15, 0.2) is 41.7 Å². The number of hydrogen-bond donors (Lipinski definition) is 1. The fourth-order valence-electron chi connectivity index (χ4n) is 0.428. The third-order valence-electron chi connectivity index (χ3n) is 0.914. The van der Waals surface area contributed by atoms with Crippen LogP contribution >= 0.6 is 0 Å². The minimum Gasteiger partial charge on any atom is -0.403 e. The lowest BCUT2D eigenvalue weighted by Gasteiger charge is -1.95. The predicted octanol–water partition coefficient (Wildman–Crippen LogP) is 1.62. The van der Waals surface area contributed by atoms with Gasteiger partial charge in [-0.25, -0.2) is 0 Å². The summed E-state index contributed by atoms with van der Waals surface area (Å²) in [5.41, 5.74) is 6.79. The molecule has 10 heavy (non-hydrogen) atoms.